The van der Waals surface area contributed by atoms with Gasteiger partial charge in [0.2, 0.25) is 0 Å². The van der Waals surface area contributed by atoms with Crippen LogP contribution in [0.1, 0.15) is 12.5 Å². The van der Waals surface area contributed by atoms with Gasteiger partial charge in [0.15, 0.2) is 5.96 Å². The van der Waals surface area contributed by atoms with E-state index in [0.29, 0.717) is 0 Å². The van der Waals surface area contributed by atoms with E-state index in [1.165, 1.54) is 5.56 Å². The van der Waals surface area contributed by atoms with Crippen molar-refractivity contribution in [2.45, 2.75) is 13.5 Å². The normalized spacial score (nSPS) is 10.7. The predicted octanol–water partition coefficient (Wildman–Crippen LogP) is 2.99. The molecule has 1 aromatic rings. The van der Waals surface area contributed by atoms with E-state index in [2.05, 4.69) is 22.1 Å². The Balaban J connectivity index is 0.00000256. The van der Waals surface area contributed by atoms with Crippen LogP contribution in [-0.2, 0) is 6.54 Å². The summed E-state index contributed by atoms with van der Waals surface area (Å²) in [6.07, 6.45) is 0. The van der Waals surface area contributed by atoms with Crippen molar-refractivity contribution in [3.05, 3.63) is 34.9 Å². The first-order chi connectivity index (χ1) is 7.67. The molecule has 1 N–H and O–H groups in total. The first-order valence-corrected chi connectivity index (χ1v) is 5.71. The van der Waals surface area contributed by atoms with E-state index in [1.807, 2.05) is 31.3 Å². The number of nitrogens with one attached hydrogen (secondary N) is 1. The van der Waals surface area contributed by atoms with Gasteiger partial charge in [-0.1, -0.05) is 23.7 Å². The highest BCUT2D eigenvalue weighted by molar-refractivity contribution is 14.0. The van der Waals surface area contributed by atoms with E-state index in [4.69, 9.17) is 11.6 Å². The molecule has 0 unspecified atom stereocenters. The molecule has 0 radical (unpaired) electrons. The Labute approximate surface area is 125 Å². The van der Waals surface area contributed by atoms with Crippen LogP contribution in [0.25, 0.3) is 0 Å². The van der Waals surface area contributed by atoms with Crippen LogP contribution < -0.4 is 5.32 Å². The van der Waals surface area contributed by atoms with Crippen molar-refractivity contribution in [1.82, 2.24) is 10.2 Å². The fourth-order valence-electron chi connectivity index (χ4n) is 1.48. The van der Waals surface area contributed by atoms with Crippen LogP contribution in [0.5, 0.6) is 0 Å². The minimum atomic E-state index is 0. The monoisotopic (exact) mass is 367 g/mol. The molecular weight excluding hydrogens is 349 g/mol. The molecule has 0 amide bonds. The molecule has 3 nitrogen and oxygen atoms in total. The number of hydrogen-bond acceptors (Lipinski definition) is 1. The molecule has 96 valence electrons. The minimum Gasteiger partial charge on any atom is -0.357 e. The molecule has 0 saturated heterocycles. The molecule has 0 aliphatic heterocycles. The third-order valence-electron chi connectivity index (χ3n) is 2.24. The Morgan fingerprint density at radius 1 is 1.35 bits per heavy atom. The van der Waals surface area contributed by atoms with E-state index >= 15 is 0 Å². The van der Waals surface area contributed by atoms with Crippen molar-refractivity contribution in [2.75, 3.05) is 20.6 Å². The van der Waals surface area contributed by atoms with Gasteiger partial charge in [0, 0.05) is 32.2 Å². The van der Waals surface area contributed by atoms with Crippen LogP contribution in [0.4, 0.5) is 0 Å². The fourth-order valence-corrected chi connectivity index (χ4v) is 1.61. The maximum Gasteiger partial charge on any atom is 0.193 e. The van der Waals surface area contributed by atoms with E-state index < -0.39 is 0 Å². The average molecular weight is 368 g/mol. The molecular formula is C12H19ClIN3. The van der Waals surface area contributed by atoms with Crippen molar-refractivity contribution in [3.8, 4) is 0 Å². The number of aliphatic imine (C=N–C) groups is 1. The Hall–Kier alpha value is -0.490. The molecule has 1 aromatic carbocycles. The second-order valence-electron chi connectivity index (χ2n) is 3.56. The van der Waals surface area contributed by atoms with E-state index in [9.17, 15) is 0 Å². The zero-order valence-electron chi connectivity index (χ0n) is 10.4. The van der Waals surface area contributed by atoms with Crippen LogP contribution in [0, 0.1) is 0 Å². The Bertz CT molecular complexity index is 351. The minimum absolute atomic E-state index is 0. The summed E-state index contributed by atoms with van der Waals surface area (Å²) in [6.45, 7) is 3.75. The molecule has 17 heavy (non-hydrogen) atoms. The summed E-state index contributed by atoms with van der Waals surface area (Å²) in [6, 6.07) is 7.86. The van der Waals surface area contributed by atoms with Crippen molar-refractivity contribution in [3.63, 3.8) is 0 Å². The van der Waals surface area contributed by atoms with Crippen molar-refractivity contribution < 1.29 is 0 Å². The van der Waals surface area contributed by atoms with E-state index in [0.717, 1.165) is 24.1 Å². The van der Waals surface area contributed by atoms with Gasteiger partial charge in [0.05, 0.1) is 0 Å². The SMILES string of the molecule is CCNC(=NC)N(C)Cc1ccc(Cl)cc1.I. The van der Waals surface area contributed by atoms with Gasteiger partial charge in [-0.25, -0.2) is 0 Å². The maximum atomic E-state index is 5.84. The van der Waals surface area contributed by atoms with Crippen molar-refractivity contribution >= 4 is 41.5 Å². The Morgan fingerprint density at radius 3 is 2.41 bits per heavy atom. The summed E-state index contributed by atoms with van der Waals surface area (Å²) in [5.41, 5.74) is 1.21. The Morgan fingerprint density at radius 2 is 1.94 bits per heavy atom. The molecule has 0 aliphatic rings. The van der Waals surface area contributed by atoms with Crippen LogP contribution in [0.2, 0.25) is 5.02 Å². The molecule has 0 aliphatic carbocycles. The van der Waals surface area contributed by atoms with Crippen LogP contribution >= 0.6 is 35.6 Å². The third-order valence-corrected chi connectivity index (χ3v) is 2.49. The summed E-state index contributed by atoms with van der Waals surface area (Å²) < 4.78 is 0. The van der Waals surface area contributed by atoms with Gasteiger partial charge < -0.3 is 10.2 Å². The zero-order chi connectivity index (χ0) is 12.0. The highest BCUT2D eigenvalue weighted by Crippen LogP contribution is 2.10. The lowest BCUT2D eigenvalue weighted by Gasteiger charge is -2.21. The van der Waals surface area contributed by atoms with Crippen LogP contribution in [0.15, 0.2) is 29.3 Å². The van der Waals surface area contributed by atoms with Gasteiger partial charge in [-0.2, -0.15) is 0 Å². The molecule has 0 fully saturated rings. The summed E-state index contributed by atoms with van der Waals surface area (Å²) >= 11 is 5.84. The summed E-state index contributed by atoms with van der Waals surface area (Å²) in [7, 11) is 3.80. The fraction of sp³-hybridized carbons (Fsp3) is 0.417. The topological polar surface area (TPSA) is 27.6 Å². The smallest absolute Gasteiger partial charge is 0.193 e. The Kier molecular flexibility index (Phi) is 8.33. The maximum absolute atomic E-state index is 5.84. The molecule has 0 aromatic heterocycles. The highest BCUT2D eigenvalue weighted by atomic mass is 127. The lowest BCUT2D eigenvalue weighted by atomic mass is 10.2. The van der Waals surface area contributed by atoms with Gasteiger partial charge in [0.25, 0.3) is 0 Å². The predicted molar refractivity (Wildman–Crippen MR) is 85.4 cm³/mol. The number of rotatable bonds is 3. The molecule has 0 heterocycles. The average Bonchev–Trinajstić information content (AvgIpc) is 2.29. The number of halogens is 2. The first kappa shape index (κ1) is 16.5. The second-order valence-corrected chi connectivity index (χ2v) is 4.00. The zero-order valence-corrected chi connectivity index (χ0v) is 13.5. The molecule has 0 bridgehead atoms. The van der Waals surface area contributed by atoms with Gasteiger partial charge in [-0.3, -0.25) is 4.99 Å². The standard InChI is InChI=1S/C12H18ClN3.HI/c1-4-15-12(14-2)16(3)9-10-5-7-11(13)8-6-10;/h5-8H,4,9H2,1-3H3,(H,14,15);1H. The lowest BCUT2D eigenvalue weighted by molar-refractivity contribution is 0.479. The second kappa shape index (κ2) is 8.58. The summed E-state index contributed by atoms with van der Waals surface area (Å²) in [5.74, 6) is 0.900. The van der Waals surface area contributed by atoms with Gasteiger partial charge in [-0.15, -0.1) is 24.0 Å². The molecule has 0 atom stereocenters. The third kappa shape index (κ3) is 5.59. The number of hydrogen-bond donors (Lipinski definition) is 1. The lowest BCUT2D eigenvalue weighted by Crippen LogP contribution is -2.38. The van der Waals surface area contributed by atoms with Crippen LogP contribution in [0.3, 0.4) is 0 Å². The van der Waals surface area contributed by atoms with E-state index in [-0.39, 0.29) is 24.0 Å². The molecule has 5 heteroatoms. The largest absolute Gasteiger partial charge is 0.357 e. The number of guanidine groups is 1. The van der Waals surface area contributed by atoms with E-state index in [1.54, 1.807) is 7.05 Å². The first-order valence-electron chi connectivity index (χ1n) is 5.33. The van der Waals surface area contributed by atoms with Gasteiger partial charge in [0.1, 0.15) is 0 Å². The molecule has 0 spiro atoms. The van der Waals surface area contributed by atoms with Crippen molar-refractivity contribution in [1.29, 1.82) is 0 Å². The summed E-state index contributed by atoms with van der Waals surface area (Å²) in [4.78, 5) is 6.27. The number of benzene rings is 1. The number of nitrogens with zero attached hydrogens (tertiary/aromatic N) is 2. The summed E-state index contributed by atoms with van der Waals surface area (Å²) in [5, 5.41) is 3.98. The highest BCUT2D eigenvalue weighted by Gasteiger charge is 2.04. The van der Waals surface area contributed by atoms with Crippen LogP contribution in [-0.4, -0.2) is 31.5 Å². The van der Waals surface area contributed by atoms with Gasteiger partial charge in [-0.05, 0) is 24.6 Å². The quantitative estimate of drug-likeness (QED) is 0.505. The van der Waals surface area contributed by atoms with Gasteiger partial charge >= 0.3 is 0 Å². The molecule has 1 rings (SSSR count). The van der Waals surface area contributed by atoms with Crippen molar-refractivity contribution in [2.24, 2.45) is 4.99 Å². The molecule has 0 saturated carbocycles.